The standard InChI is InChI=1S/C37H50FN3O7/c1-7-9-25(10-8-2)41(26-11-12-28(38)23(3)15-26)33(43)20-40-19-27(24-16-30(46-6)35-31(17-24)47-22-48-35)34(36(44)45)29(40)13-14-39-21-37(4,5)18-32(39)42/h11-12,15-17,25,27,29,34H,7-10,13-14,18-22H2,1-6H3,(H,44,45)/t27-,29+,34?/m1/s1. The molecule has 0 radical (unpaired) electrons. The van der Waals surface area contributed by atoms with Crippen LogP contribution < -0.4 is 19.1 Å². The second-order valence-corrected chi connectivity index (χ2v) is 14.3. The molecule has 3 aliphatic rings. The fourth-order valence-electron chi connectivity index (χ4n) is 7.88. The van der Waals surface area contributed by atoms with Gasteiger partial charge in [-0.1, -0.05) is 40.5 Å². The first kappa shape index (κ1) is 35.4. The van der Waals surface area contributed by atoms with E-state index in [4.69, 9.17) is 14.2 Å². The van der Waals surface area contributed by atoms with Crippen molar-refractivity contribution in [2.45, 2.75) is 91.1 Å². The zero-order valence-electron chi connectivity index (χ0n) is 29.1. The molecule has 262 valence electrons. The zero-order chi connectivity index (χ0) is 34.7. The summed E-state index contributed by atoms with van der Waals surface area (Å²) < 4.78 is 31.2. The number of benzene rings is 2. The molecule has 2 saturated heterocycles. The molecule has 11 heteroatoms. The highest BCUT2D eigenvalue weighted by molar-refractivity contribution is 5.95. The van der Waals surface area contributed by atoms with Crippen molar-refractivity contribution in [3.8, 4) is 17.2 Å². The van der Waals surface area contributed by atoms with E-state index >= 15 is 0 Å². The van der Waals surface area contributed by atoms with Crippen molar-refractivity contribution < 1.29 is 38.1 Å². The predicted molar refractivity (Wildman–Crippen MR) is 180 cm³/mol. The molecule has 2 aromatic carbocycles. The van der Waals surface area contributed by atoms with Gasteiger partial charge in [-0.15, -0.1) is 0 Å². The summed E-state index contributed by atoms with van der Waals surface area (Å²) >= 11 is 0. The summed E-state index contributed by atoms with van der Waals surface area (Å²) in [6, 6.07) is 7.76. The average molecular weight is 668 g/mol. The van der Waals surface area contributed by atoms with Crippen LogP contribution in [0.5, 0.6) is 17.2 Å². The highest BCUT2D eigenvalue weighted by Gasteiger charge is 2.48. The first-order valence-corrected chi connectivity index (χ1v) is 17.2. The maximum Gasteiger partial charge on any atom is 0.308 e. The number of methoxy groups -OCH3 is 1. The monoisotopic (exact) mass is 667 g/mol. The van der Waals surface area contributed by atoms with Crippen LogP contribution in [-0.2, 0) is 14.4 Å². The minimum absolute atomic E-state index is 0.0214. The van der Waals surface area contributed by atoms with Crippen LogP contribution in [0.3, 0.4) is 0 Å². The molecule has 3 heterocycles. The van der Waals surface area contributed by atoms with Crippen LogP contribution >= 0.6 is 0 Å². The molecule has 2 aromatic rings. The fourth-order valence-corrected chi connectivity index (χ4v) is 7.88. The largest absolute Gasteiger partial charge is 0.493 e. The number of amides is 2. The molecular weight excluding hydrogens is 617 g/mol. The number of fused-ring (bicyclic) bond motifs is 1. The van der Waals surface area contributed by atoms with E-state index in [1.165, 1.54) is 13.2 Å². The van der Waals surface area contributed by atoms with Crippen molar-refractivity contribution in [1.29, 1.82) is 0 Å². The Morgan fingerprint density at radius 3 is 2.48 bits per heavy atom. The molecule has 5 rings (SSSR count). The third kappa shape index (κ3) is 7.41. The molecule has 1 unspecified atom stereocenters. The van der Waals surface area contributed by atoms with E-state index < -0.39 is 23.8 Å². The third-order valence-electron chi connectivity index (χ3n) is 10.1. The van der Waals surface area contributed by atoms with Crippen molar-refractivity contribution >= 4 is 23.5 Å². The summed E-state index contributed by atoms with van der Waals surface area (Å²) in [4.78, 5) is 46.2. The first-order chi connectivity index (χ1) is 22.9. The number of carboxylic acid groups (broad SMARTS) is 1. The van der Waals surface area contributed by atoms with Gasteiger partial charge in [0.15, 0.2) is 11.5 Å². The molecule has 0 spiro atoms. The molecule has 48 heavy (non-hydrogen) atoms. The predicted octanol–water partition coefficient (Wildman–Crippen LogP) is 5.99. The number of halogens is 1. The van der Waals surface area contributed by atoms with Crippen LogP contribution in [0.2, 0.25) is 0 Å². The summed E-state index contributed by atoms with van der Waals surface area (Å²) in [6.45, 7) is 11.3. The molecule has 2 fully saturated rings. The lowest BCUT2D eigenvalue weighted by molar-refractivity contribution is -0.143. The van der Waals surface area contributed by atoms with Crippen LogP contribution in [0.4, 0.5) is 10.1 Å². The number of ether oxygens (including phenoxy) is 3. The van der Waals surface area contributed by atoms with Crippen LogP contribution in [0, 0.1) is 24.1 Å². The maximum atomic E-state index is 14.5. The van der Waals surface area contributed by atoms with Crippen LogP contribution in [0.25, 0.3) is 0 Å². The molecule has 2 amide bonds. The Morgan fingerprint density at radius 2 is 1.88 bits per heavy atom. The molecular formula is C37H50FN3O7. The Kier molecular flexibility index (Phi) is 10.9. The number of nitrogens with zero attached hydrogens (tertiary/aromatic N) is 3. The number of aryl methyl sites for hydroxylation is 1. The van der Waals surface area contributed by atoms with Crippen LogP contribution in [-0.4, -0.2) is 84.9 Å². The van der Waals surface area contributed by atoms with Gasteiger partial charge in [0.25, 0.3) is 0 Å². The lowest BCUT2D eigenvalue weighted by Crippen LogP contribution is -2.48. The van der Waals surface area contributed by atoms with Gasteiger partial charge >= 0.3 is 5.97 Å². The zero-order valence-corrected chi connectivity index (χ0v) is 29.1. The van der Waals surface area contributed by atoms with Crippen LogP contribution in [0.15, 0.2) is 30.3 Å². The lowest BCUT2D eigenvalue weighted by atomic mass is 9.84. The Hall–Kier alpha value is -3.86. The highest BCUT2D eigenvalue weighted by atomic mass is 19.1. The van der Waals surface area contributed by atoms with E-state index in [2.05, 4.69) is 27.7 Å². The van der Waals surface area contributed by atoms with Gasteiger partial charge < -0.3 is 29.1 Å². The summed E-state index contributed by atoms with van der Waals surface area (Å²) in [6.07, 6.45) is 4.15. The van der Waals surface area contributed by atoms with Crippen molar-refractivity contribution in [3.05, 3.63) is 47.3 Å². The number of hydrogen-bond acceptors (Lipinski definition) is 7. The number of carbonyl (C=O) groups excluding carboxylic acids is 2. The second kappa shape index (κ2) is 14.7. The number of rotatable bonds is 14. The second-order valence-electron chi connectivity index (χ2n) is 14.3. The number of hydrogen-bond donors (Lipinski definition) is 1. The van der Waals surface area contributed by atoms with Crippen molar-refractivity contribution in [2.75, 3.05) is 45.0 Å². The number of anilines is 1. The van der Waals surface area contributed by atoms with Gasteiger partial charge in [-0.3, -0.25) is 19.3 Å². The summed E-state index contributed by atoms with van der Waals surface area (Å²) in [5, 5.41) is 10.8. The number of carbonyl (C=O) groups is 3. The molecule has 0 saturated carbocycles. The molecule has 0 aromatic heterocycles. The van der Waals surface area contributed by atoms with E-state index in [0.717, 1.165) is 31.2 Å². The van der Waals surface area contributed by atoms with Gasteiger partial charge in [0.2, 0.25) is 24.4 Å². The minimum atomic E-state index is -0.967. The molecule has 10 nitrogen and oxygen atoms in total. The highest BCUT2D eigenvalue weighted by Crippen LogP contribution is 2.47. The summed E-state index contributed by atoms with van der Waals surface area (Å²) in [5.74, 6) is -1.33. The van der Waals surface area contributed by atoms with Crippen molar-refractivity contribution in [2.24, 2.45) is 11.3 Å². The van der Waals surface area contributed by atoms with Crippen LogP contribution in [0.1, 0.15) is 83.3 Å². The minimum Gasteiger partial charge on any atom is -0.493 e. The van der Waals surface area contributed by atoms with E-state index in [1.54, 1.807) is 30.0 Å². The Bertz CT molecular complexity index is 1510. The molecule has 3 atom stereocenters. The van der Waals surface area contributed by atoms with Crippen molar-refractivity contribution in [1.82, 2.24) is 9.80 Å². The normalized spacial score (nSPS) is 21.7. The summed E-state index contributed by atoms with van der Waals surface area (Å²) in [5.41, 5.74) is 1.67. The van der Waals surface area contributed by atoms with Gasteiger partial charge in [-0.05, 0) is 73.1 Å². The number of likely N-dealkylation sites (tertiary alicyclic amines) is 2. The summed E-state index contributed by atoms with van der Waals surface area (Å²) in [7, 11) is 1.53. The van der Waals surface area contributed by atoms with Crippen molar-refractivity contribution in [3.63, 3.8) is 0 Å². The number of carboxylic acids is 1. The van der Waals surface area contributed by atoms with Gasteiger partial charge in [0.05, 0.1) is 19.6 Å². The molecule has 1 N–H and O–H groups in total. The average Bonchev–Trinajstić information content (AvgIpc) is 3.72. The van der Waals surface area contributed by atoms with Gasteiger partial charge in [-0.2, -0.15) is 0 Å². The lowest BCUT2D eigenvalue weighted by Gasteiger charge is -2.35. The topological polar surface area (TPSA) is 109 Å². The fraction of sp³-hybridized carbons (Fsp3) is 0.595. The van der Waals surface area contributed by atoms with E-state index in [-0.39, 0.29) is 42.4 Å². The van der Waals surface area contributed by atoms with Gasteiger partial charge in [0, 0.05) is 49.7 Å². The first-order valence-electron chi connectivity index (χ1n) is 17.2. The van der Waals surface area contributed by atoms with E-state index in [9.17, 15) is 23.9 Å². The Balaban J connectivity index is 1.51. The SMILES string of the molecule is CCCC(CCC)N(C(=O)CN1C[C@H](c2cc(OC)c3c(c2)OCO3)C(C(=O)O)[C@@H]1CCN1CC(C)(C)CC1=O)c1ccc(F)c(C)c1. The smallest absolute Gasteiger partial charge is 0.308 e. The quantitative estimate of drug-likeness (QED) is 0.262. The van der Waals surface area contributed by atoms with E-state index in [0.29, 0.717) is 61.0 Å². The van der Waals surface area contributed by atoms with Gasteiger partial charge in [-0.25, -0.2) is 4.39 Å². The number of aliphatic carboxylic acids is 1. The Morgan fingerprint density at radius 1 is 1.15 bits per heavy atom. The Labute approximate surface area is 283 Å². The molecule has 3 aliphatic heterocycles. The van der Waals surface area contributed by atoms with Gasteiger partial charge in [0.1, 0.15) is 5.82 Å². The molecule has 0 bridgehead atoms. The third-order valence-corrected chi connectivity index (χ3v) is 10.1. The van der Waals surface area contributed by atoms with E-state index in [1.807, 2.05) is 15.9 Å². The maximum absolute atomic E-state index is 14.5. The molecule has 0 aliphatic carbocycles.